The van der Waals surface area contributed by atoms with Crippen molar-refractivity contribution in [3.63, 3.8) is 0 Å². The van der Waals surface area contributed by atoms with Crippen molar-refractivity contribution in [2.45, 2.75) is 13.1 Å². The molecule has 1 saturated carbocycles. The van der Waals surface area contributed by atoms with E-state index in [4.69, 9.17) is 14.6 Å². The molecule has 3 atom stereocenters. The summed E-state index contributed by atoms with van der Waals surface area (Å²) in [6.07, 6.45) is 5.42. The summed E-state index contributed by atoms with van der Waals surface area (Å²) in [4.78, 5) is 17.5. The highest BCUT2D eigenvalue weighted by molar-refractivity contribution is 5.74. The Balaban J connectivity index is 1.40. The molecule has 7 nitrogen and oxygen atoms in total. The quantitative estimate of drug-likeness (QED) is 0.775. The molecule has 1 saturated heterocycles. The molecule has 0 spiro atoms. The van der Waals surface area contributed by atoms with Crippen LogP contribution in [-0.4, -0.2) is 52.3 Å². The van der Waals surface area contributed by atoms with Crippen LogP contribution in [0.4, 0.5) is 0 Å². The first-order chi connectivity index (χ1) is 12.7. The molecule has 1 aliphatic heterocycles. The highest BCUT2D eigenvalue weighted by atomic mass is 16.5. The van der Waals surface area contributed by atoms with E-state index in [1.807, 2.05) is 29.0 Å². The van der Waals surface area contributed by atoms with Gasteiger partial charge in [-0.25, -0.2) is 4.98 Å². The van der Waals surface area contributed by atoms with Gasteiger partial charge in [0.1, 0.15) is 6.61 Å². The zero-order valence-electron chi connectivity index (χ0n) is 14.7. The molecular formula is C19H23N3O4. The topological polar surface area (TPSA) is 76.8 Å². The molecule has 1 N–H and O–H groups in total. The molecular weight excluding hydrogens is 334 g/mol. The Morgan fingerprint density at radius 3 is 2.81 bits per heavy atom. The first-order valence-electron chi connectivity index (χ1n) is 8.87. The molecule has 1 aliphatic carbocycles. The van der Waals surface area contributed by atoms with Gasteiger partial charge < -0.3 is 19.1 Å². The summed E-state index contributed by atoms with van der Waals surface area (Å²) in [6.45, 7) is 3.67. The fourth-order valence-electron chi connectivity index (χ4n) is 4.03. The Bertz CT molecular complexity index is 765. The Kier molecular flexibility index (Phi) is 4.55. The van der Waals surface area contributed by atoms with Gasteiger partial charge in [0, 0.05) is 37.6 Å². The standard InChI is InChI=1S/C19H23N3O4/c1-25-16-4-2-3-13(18(16)26-8-7-21-6-5-20-12-21)9-22-10-14-15(11-22)17(14)19(23)24/h2-6,12,14-15,17H,7-11H2,1H3,(H,23,24)/t14-,15+,17?. The van der Waals surface area contributed by atoms with Crippen LogP contribution in [0.1, 0.15) is 5.56 Å². The zero-order chi connectivity index (χ0) is 18.1. The Hall–Kier alpha value is -2.54. The van der Waals surface area contributed by atoms with Gasteiger partial charge >= 0.3 is 5.97 Å². The maximum atomic E-state index is 11.1. The van der Waals surface area contributed by atoms with Gasteiger partial charge in [-0.2, -0.15) is 0 Å². The minimum absolute atomic E-state index is 0.137. The van der Waals surface area contributed by atoms with Crippen molar-refractivity contribution in [1.29, 1.82) is 0 Å². The number of hydrogen-bond acceptors (Lipinski definition) is 5. The van der Waals surface area contributed by atoms with E-state index >= 15 is 0 Å². The lowest BCUT2D eigenvalue weighted by Crippen LogP contribution is -2.26. The smallest absolute Gasteiger partial charge is 0.307 e. The van der Waals surface area contributed by atoms with Crippen molar-refractivity contribution >= 4 is 5.97 Å². The molecule has 2 aromatic rings. The third-order valence-corrected chi connectivity index (χ3v) is 5.38. The lowest BCUT2D eigenvalue weighted by Gasteiger charge is -2.21. The molecule has 138 valence electrons. The fourth-order valence-corrected chi connectivity index (χ4v) is 4.03. The van der Waals surface area contributed by atoms with E-state index in [1.165, 1.54) is 0 Å². The number of carbonyl (C=O) groups is 1. The number of aliphatic carboxylic acids is 1. The fraction of sp³-hybridized carbons (Fsp3) is 0.474. The van der Waals surface area contributed by atoms with Gasteiger partial charge in [-0.15, -0.1) is 0 Å². The molecule has 1 unspecified atom stereocenters. The van der Waals surface area contributed by atoms with Crippen molar-refractivity contribution in [2.24, 2.45) is 17.8 Å². The van der Waals surface area contributed by atoms with Gasteiger partial charge in [0.2, 0.25) is 0 Å². The Morgan fingerprint density at radius 2 is 2.15 bits per heavy atom. The van der Waals surface area contributed by atoms with Gasteiger partial charge in [0.25, 0.3) is 0 Å². The van der Waals surface area contributed by atoms with Gasteiger partial charge in [-0.05, 0) is 17.9 Å². The van der Waals surface area contributed by atoms with Gasteiger partial charge in [0.05, 0.1) is 25.9 Å². The van der Waals surface area contributed by atoms with Crippen LogP contribution in [0.5, 0.6) is 11.5 Å². The molecule has 4 rings (SSSR count). The average Bonchev–Trinajstić information content (AvgIpc) is 2.99. The largest absolute Gasteiger partial charge is 0.493 e. The highest BCUT2D eigenvalue weighted by Crippen LogP contribution is 2.52. The van der Waals surface area contributed by atoms with Gasteiger partial charge in [-0.1, -0.05) is 12.1 Å². The number of methoxy groups -OCH3 is 1. The van der Waals surface area contributed by atoms with Crippen LogP contribution < -0.4 is 9.47 Å². The minimum Gasteiger partial charge on any atom is -0.493 e. The highest BCUT2D eigenvalue weighted by Gasteiger charge is 2.59. The number of piperidine rings is 1. The number of ether oxygens (including phenoxy) is 2. The summed E-state index contributed by atoms with van der Waals surface area (Å²) >= 11 is 0. The van der Waals surface area contributed by atoms with Crippen LogP contribution >= 0.6 is 0 Å². The van der Waals surface area contributed by atoms with Crippen molar-refractivity contribution in [2.75, 3.05) is 26.8 Å². The second-order valence-electron chi connectivity index (χ2n) is 6.98. The van der Waals surface area contributed by atoms with Gasteiger partial charge in [-0.3, -0.25) is 9.69 Å². The summed E-state index contributed by atoms with van der Waals surface area (Å²) in [5.41, 5.74) is 1.07. The summed E-state index contributed by atoms with van der Waals surface area (Å²) in [6, 6.07) is 5.92. The number of carboxylic acids is 1. The molecule has 2 fully saturated rings. The van der Waals surface area contributed by atoms with Crippen molar-refractivity contribution < 1.29 is 19.4 Å². The maximum absolute atomic E-state index is 11.1. The lowest BCUT2D eigenvalue weighted by molar-refractivity contribution is -0.139. The third kappa shape index (κ3) is 3.26. The molecule has 0 amide bonds. The lowest BCUT2D eigenvalue weighted by atomic mass is 10.1. The van der Waals surface area contributed by atoms with Crippen LogP contribution in [0.2, 0.25) is 0 Å². The third-order valence-electron chi connectivity index (χ3n) is 5.38. The van der Waals surface area contributed by atoms with Crippen molar-refractivity contribution in [1.82, 2.24) is 14.5 Å². The van der Waals surface area contributed by atoms with Crippen LogP contribution in [-0.2, 0) is 17.9 Å². The number of hydrogen-bond donors (Lipinski definition) is 1. The molecule has 2 aliphatic rings. The summed E-state index contributed by atoms with van der Waals surface area (Å²) in [5, 5.41) is 9.16. The molecule has 1 aromatic heterocycles. The number of likely N-dealkylation sites (tertiary alicyclic amines) is 1. The minimum atomic E-state index is -0.649. The number of benzene rings is 1. The van der Waals surface area contributed by atoms with Crippen molar-refractivity contribution in [3.05, 3.63) is 42.5 Å². The van der Waals surface area contributed by atoms with E-state index in [-0.39, 0.29) is 5.92 Å². The van der Waals surface area contributed by atoms with E-state index in [1.54, 1.807) is 19.6 Å². The summed E-state index contributed by atoms with van der Waals surface area (Å²) in [7, 11) is 1.64. The molecule has 1 aromatic carbocycles. The average molecular weight is 357 g/mol. The first kappa shape index (κ1) is 16.9. The SMILES string of the molecule is COc1cccc(CN2C[C@@H]3C(C(=O)O)[C@@H]3C2)c1OCCn1ccnc1. The van der Waals surface area contributed by atoms with Crippen LogP contribution in [0, 0.1) is 17.8 Å². The maximum Gasteiger partial charge on any atom is 0.307 e. The molecule has 0 radical (unpaired) electrons. The monoisotopic (exact) mass is 357 g/mol. The van der Waals surface area contributed by atoms with Crippen LogP contribution in [0.15, 0.2) is 36.9 Å². The second kappa shape index (κ2) is 6.99. The Labute approximate surface area is 152 Å². The zero-order valence-corrected chi connectivity index (χ0v) is 14.7. The molecule has 7 heteroatoms. The number of aromatic nitrogens is 2. The normalized spacial score (nSPS) is 24.3. The van der Waals surface area contributed by atoms with Crippen molar-refractivity contribution in [3.8, 4) is 11.5 Å². The first-order valence-corrected chi connectivity index (χ1v) is 8.87. The number of rotatable bonds is 8. The molecule has 2 heterocycles. The molecule has 26 heavy (non-hydrogen) atoms. The predicted molar refractivity (Wildman–Crippen MR) is 94.1 cm³/mol. The summed E-state index contributed by atoms with van der Waals surface area (Å²) in [5.74, 6) is 1.32. The Morgan fingerprint density at radius 1 is 1.35 bits per heavy atom. The van der Waals surface area contributed by atoms with E-state index in [2.05, 4.69) is 9.88 Å². The van der Waals surface area contributed by atoms with Crippen LogP contribution in [0.3, 0.4) is 0 Å². The van der Waals surface area contributed by atoms with E-state index < -0.39 is 5.97 Å². The number of fused-ring (bicyclic) bond motifs is 1. The number of imidazole rings is 1. The molecule has 0 bridgehead atoms. The van der Waals surface area contributed by atoms with Crippen LogP contribution in [0.25, 0.3) is 0 Å². The number of para-hydroxylation sites is 1. The van der Waals surface area contributed by atoms with E-state index in [0.29, 0.717) is 25.0 Å². The predicted octanol–water partition coefficient (Wildman–Crippen LogP) is 1.73. The van der Waals surface area contributed by atoms with Gasteiger partial charge in [0.15, 0.2) is 11.5 Å². The van der Waals surface area contributed by atoms with E-state index in [9.17, 15) is 4.79 Å². The number of nitrogens with zero attached hydrogens (tertiary/aromatic N) is 3. The number of carboxylic acid groups (broad SMARTS) is 1. The summed E-state index contributed by atoms with van der Waals surface area (Å²) < 4.78 is 13.5. The second-order valence-corrected chi connectivity index (χ2v) is 6.98. The van der Waals surface area contributed by atoms with E-state index in [0.717, 1.165) is 36.7 Å².